The first kappa shape index (κ1) is 22.1. The van der Waals surface area contributed by atoms with E-state index in [1.165, 1.54) is 24.9 Å². The van der Waals surface area contributed by atoms with Gasteiger partial charge in [0.25, 0.3) is 5.91 Å². The lowest BCUT2D eigenvalue weighted by molar-refractivity contribution is 0.0946. The van der Waals surface area contributed by atoms with Crippen molar-refractivity contribution in [1.29, 1.82) is 5.26 Å². The minimum absolute atomic E-state index is 0.258. The Bertz CT molecular complexity index is 686. The van der Waals surface area contributed by atoms with Gasteiger partial charge in [0.15, 0.2) is 11.4 Å². The highest BCUT2D eigenvalue weighted by atomic mass is 35.5. The van der Waals surface area contributed by atoms with E-state index in [4.69, 9.17) is 21.6 Å². The van der Waals surface area contributed by atoms with Crippen molar-refractivity contribution in [2.45, 2.75) is 13.8 Å². The normalized spacial score (nSPS) is 11.2. The highest BCUT2D eigenvalue weighted by Crippen LogP contribution is 2.33. The molecule has 0 saturated carbocycles. The second kappa shape index (κ2) is 11.6. The molecule has 0 aliphatic carbocycles. The standard InChI is InChI=1S/C17H24ClN5O2S/c1-5-23(6-2)8-7-20-16(24)12-9-13(18)14(10-15(12)25-3)22-17(26-4)21-11-19/h9-10H,5-8H2,1-4H3,(H,20,24)(H,21,22). The van der Waals surface area contributed by atoms with E-state index in [0.717, 1.165) is 19.6 Å². The smallest absolute Gasteiger partial charge is 0.255 e. The molecular weight excluding hydrogens is 374 g/mol. The van der Waals surface area contributed by atoms with E-state index < -0.39 is 0 Å². The fraction of sp³-hybridized carbons (Fsp3) is 0.471. The van der Waals surface area contributed by atoms with Crippen molar-refractivity contribution in [2.75, 3.05) is 39.5 Å². The first-order chi connectivity index (χ1) is 12.5. The van der Waals surface area contributed by atoms with Gasteiger partial charge in [-0.3, -0.25) is 10.1 Å². The summed E-state index contributed by atoms with van der Waals surface area (Å²) in [6, 6.07) is 3.10. The highest BCUT2D eigenvalue weighted by molar-refractivity contribution is 8.13. The molecule has 2 N–H and O–H groups in total. The summed E-state index contributed by atoms with van der Waals surface area (Å²) < 4.78 is 5.32. The number of thioether (sulfide) groups is 1. The summed E-state index contributed by atoms with van der Waals surface area (Å²) in [6.45, 7) is 7.33. The van der Waals surface area contributed by atoms with Gasteiger partial charge in [-0.15, -0.1) is 0 Å². The van der Waals surface area contributed by atoms with Gasteiger partial charge in [-0.25, -0.2) is 4.99 Å². The number of ether oxygens (including phenoxy) is 1. The van der Waals surface area contributed by atoms with Crippen molar-refractivity contribution in [3.63, 3.8) is 0 Å². The predicted molar refractivity (Wildman–Crippen MR) is 107 cm³/mol. The molecule has 1 rings (SSSR count). The van der Waals surface area contributed by atoms with E-state index in [2.05, 4.69) is 34.4 Å². The van der Waals surface area contributed by atoms with Crippen LogP contribution in [-0.2, 0) is 0 Å². The molecule has 0 aromatic heterocycles. The lowest BCUT2D eigenvalue weighted by Crippen LogP contribution is -2.34. The Labute approximate surface area is 163 Å². The maximum atomic E-state index is 12.5. The SMILES string of the molecule is CCN(CC)CCNC(=O)c1cc(Cl)c(N=C(NC#N)SC)cc1OC. The summed E-state index contributed by atoms with van der Waals surface area (Å²) in [4.78, 5) is 19.0. The van der Waals surface area contributed by atoms with Gasteiger partial charge in [-0.1, -0.05) is 37.2 Å². The molecule has 142 valence electrons. The number of hydrogen-bond donors (Lipinski definition) is 2. The van der Waals surface area contributed by atoms with Gasteiger partial charge in [0.2, 0.25) is 0 Å². The van der Waals surface area contributed by atoms with E-state index in [9.17, 15) is 4.79 Å². The molecule has 0 bridgehead atoms. The molecule has 0 aliphatic rings. The number of benzene rings is 1. The van der Waals surface area contributed by atoms with Gasteiger partial charge < -0.3 is 15.0 Å². The third kappa shape index (κ3) is 6.41. The van der Waals surface area contributed by atoms with E-state index in [1.807, 2.05) is 6.19 Å². The van der Waals surface area contributed by atoms with Crippen LogP contribution in [0.3, 0.4) is 0 Å². The molecule has 7 nitrogen and oxygen atoms in total. The Kier molecular flexibility index (Phi) is 9.88. The van der Waals surface area contributed by atoms with Crippen molar-refractivity contribution in [2.24, 2.45) is 4.99 Å². The largest absolute Gasteiger partial charge is 0.496 e. The molecule has 26 heavy (non-hydrogen) atoms. The monoisotopic (exact) mass is 397 g/mol. The number of nitriles is 1. The zero-order valence-electron chi connectivity index (χ0n) is 15.4. The second-order valence-corrected chi connectivity index (χ2v) is 6.35. The topological polar surface area (TPSA) is 89.8 Å². The number of nitrogens with zero attached hydrogens (tertiary/aromatic N) is 3. The number of likely N-dealkylation sites (N-methyl/N-ethyl adjacent to an activating group) is 1. The van der Waals surface area contributed by atoms with Crippen LogP contribution in [0.2, 0.25) is 5.02 Å². The molecule has 0 atom stereocenters. The minimum Gasteiger partial charge on any atom is -0.496 e. The van der Waals surface area contributed by atoms with E-state index in [1.54, 1.807) is 12.3 Å². The van der Waals surface area contributed by atoms with Gasteiger partial charge in [-0.05, 0) is 25.4 Å². The Morgan fingerprint density at radius 3 is 2.65 bits per heavy atom. The number of rotatable bonds is 8. The molecular formula is C17H24ClN5O2S. The van der Waals surface area contributed by atoms with Crippen LogP contribution in [0.1, 0.15) is 24.2 Å². The van der Waals surface area contributed by atoms with Gasteiger partial charge >= 0.3 is 0 Å². The Balaban J connectivity index is 2.98. The van der Waals surface area contributed by atoms with Crippen LogP contribution in [0.15, 0.2) is 17.1 Å². The molecule has 0 heterocycles. The van der Waals surface area contributed by atoms with Crippen molar-refractivity contribution in [3.8, 4) is 11.9 Å². The lowest BCUT2D eigenvalue weighted by Gasteiger charge is -2.18. The molecule has 0 radical (unpaired) electrons. The molecule has 0 unspecified atom stereocenters. The van der Waals surface area contributed by atoms with E-state index >= 15 is 0 Å². The molecule has 9 heteroatoms. The van der Waals surface area contributed by atoms with Crippen LogP contribution in [0.25, 0.3) is 0 Å². The molecule has 1 amide bonds. The number of methoxy groups -OCH3 is 1. The number of aliphatic imine (C=N–C) groups is 1. The van der Waals surface area contributed by atoms with Crippen molar-refractivity contribution < 1.29 is 9.53 Å². The summed E-state index contributed by atoms with van der Waals surface area (Å²) >= 11 is 7.54. The summed E-state index contributed by atoms with van der Waals surface area (Å²) in [5.74, 6) is 0.109. The fourth-order valence-corrected chi connectivity index (χ4v) is 2.76. The zero-order valence-corrected chi connectivity index (χ0v) is 17.0. The first-order valence-corrected chi connectivity index (χ1v) is 9.76. The molecule has 1 aromatic rings. The summed E-state index contributed by atoms with van der Waals surface area (Å²) in [5.41, 5.74) is 0.755. The molecule has 0 fully saturated rings. The van der Waals surface area contributed by atoms with Crippen LogP contribution in [0.5, 0.6) is 5.75 Å². The molecule has 1 aromatic carbocycles. The van der Waals surface area contributed by atoms with Gasteiger partial charge in [0.1, 0.15) is 5.75 Å². The van der Waals surface area contributed by atoms with Crippen molar-refractivity contribution in [1.82, 2.24) is 15.5 Å². The number of hydrogen-bond acceptors (Lipinski definition) is 6. The van der Waals surface area contributed by atoms with Gasteiger partial charge in [0.05, 0.1) is 23.4 Å². The second-order valence-electron chi connectivity index (χ2n) is 5.14. The number of carbonyl (C=O) groups is 1. The maximum absolute atomic E-state index is 12.5. The fourth-order valence-electron chi connectivity index (χ4n) is 2.22. The molecule has 0 aliphatic heterocycles. The summed E-state index contributed by atoms with van der Waals surface area (Å²) in [6.07, 6.45) is 3.60. The van der Waals surface area contributed by atoms with Gasteiger partial charge in [0, 0.05) is 19.2 Å². The number of carbonyl (C=O) groups excluding carboxylic acids is 1. The lowest BCUT2D eigenvalue weighted by atomic mass is 10.1. The highest BCUT2D eigenvalue weighted by Gasteiger charge is 2.16. The minimum atomic E-state index is -0.258. The third-order valence-corrected chi connectivity index (χ3v) is 4.58. The summed E-state index contributed by atoms with van der Waals surface area (Å²) in [5, 5.41) is 14.8. The average molecular weight is 398 g/mol. The number of nitrogens with one attached hydrogen (secondary N) is 2. The first-order valence-electron chi connectivity index (χ1n) is 8.16. The maximum Gasteiger partial charge on any atom is 0.255 e. The van der Waals surface area contributed by atoms with Crippen molar-refractivity contribution in [3.05, 3.63) is 22.7 Å². The Morgan fingerprint density at radius 2 is 2.12 bits per heavy atom. The Hall–Kier alpha value is -1.95. The van der Waals surface area contributed by atoms with Crippen LogP contribution < -0.4 is 15.4 Å². The number of halogens is 1. The van der Waals surface area contributed by atoms with Crippen LogP contribution in [0, 0.1) is 11.5 Å². The quantitative estimate of drug-likeness (QED) is 0.303. The molecule has 0 saturated heterocycles. The average Bonchev–Trinajstić information content (AvgIpc) is 2.65. The van der Waals surface area contributed by atoms with E-state index in [0.29, 0.717) is 33.7 Å². The number of amides is 1. The van der Waals surface area contributed by atoms with Crippen molar-refractivity contribution >= 4 is 40.1 Å². The van der Waals surface area contributed by atoms with Crippen LogP contribution in [0.4, 0.5) is 5.69 Å². The van der Waals surface area contributed by atoms with E-state index in [-0.39, 0.29) is 5.91 Å². The summed E-state index contributed by atoms with van der Waals surface area (Å²) in [7, 11) is 1.48. The zero-order chi connectivity index (χ0) is 19.5. The number of amidine groups is 1. The third-order valence-electron chi connectivity index (χ3n) is 3.70. The predicted octanol–water partition coefficient (Wildman–Crippen LogP) is 2.84. The Morgan fingerprint density at radius 1 is 1.42 bits per heavy atom. The molecule has 0 spiro atoms. The van der Waals surface area contributed by atoms with Gasteiger partial charge in [-0.2, -0.15) is 5.26 Å². The van der Waals surface area contributed by atoms with Crippen LogP contribution >= 0.6 is 23.4 Å². The van der Waals surface area contributed by atoms with Crippen LogP contribution in [-0.4, -0.2) is 55.5 Å².